The van der Waals surface area contributed by atoms with Gasteiger partial charge in [0.25, 0.3) is 0 Å². The Morgan fingerprint density at radius 2 is 1.81 bits per heavy atom. The second-order valence-electron chi connectivity index (χ2n) is 6.37. The lowest BCUT2D eigenvalue weighted by Gasteiger charge is -2.32. The molecule has 0 saturated carbocycles. The molecule has 0 spiro atoms. The average Bonchev–Trinajstić information content (AvgIpc) is 2.63. The van der Waals surface area contributed by atoms with E-state index in [9.17, 15) is 9.59 Å². The Hall–Kier alpha value is -1.14. The smallest absolute Gasteiger partial charge is 0.242 e. The Kier molecular flexibility index (Phi) is 6.61. The quantitative estimate of drug-likeness (QED) is 0.776. The fraction of sp³-hybridized carbons (Fsp3) is 0.867. The zero-order valence-corrected chi connectivity index (χ0v) is 14.1. The van der Waals surface area contributed by atoms with E-state index in [0.717, 1.165) is 32.6 Å². The van der Waals surface area contributed by atoms with Crippen LogP contribution in [0.15, 0.2) is 0 Å². The van der Waals surface area contributed by atoms with E-state index in [4.69, 9.17) is 0 Å². The molecule has 1 rings (SSSR count). The average molecular weight is 298 g/mol. The minimum absolute atomic E-state index is 0.114. The van der Waals surface area contributed by atoms with E-state index in [1.165, 1.54) is 0 Å². The molecule has 1 saturated heterocycles. The molecule has 0 aliphatic carbocycles. The molecular weight excluding hydrogens is 268 g/mol. The van der Waals surface area contributed by atoms with Crippen molar-refractivity contribution in [2.75, 3.05) is 53.4 Å². The predicted molar refractivity (Wildman–Crippen MR) is 84.1 cm³/mol. The summed E-state index contributed by atoms with van der Waals surface area (Å²) in [6.45, 7) is 10.1. The molecule has 0 atom stereocenters. The van der Waals surface area contributed by atoms with Gasteiger partial charge >= 0.3 is 0 Å². The second-order valence-corrected chi connectivity index (χ2v) is 6.37. The van der Waals surface area contributed by atoms with Crippen LogP contribution < -0.4 is 5.32 Å². The van der Waals surface area contributed by atoms with E-state index in [1.807, 2.05) is 25.7 Å². The number of amides is 2. The first-order chi connectivity index (χ1) is 9.77. The first-order valence-corrected chi connectivity index (χ1v) is 7.75. The zero-order valence-electron chi connectivity index (χ0n) is 14.1. The molecule has 0 aromatic carbocycles. The standard InChI is InChI=1S/C15H30N4O2/c1-6-16-15(2,3)14(21)19-9-7-8-18(10-11-19)12-13(20)17(4)5/h16H,6-12H2,1-5H3. The first-order valence-electron chi connectivity index (χ1n) is 7.75. The number of hydrogen-bond donors (Lipinski definition) is 1. The van der Waals surface area contributed by atoms with Gasteiger partial charge in [-0.05, 0) is 26.8 Å². The van der Waals surface area contributed by atoms with Gasteiger partial charge in [0, 0.05) is 40.3 Å². The highest BCUT2D eigenvalue weighted by Gasteiger charge is 2.32. The van der Waals surface area contributed by atoms with Gasteiger partial charge < -0.3 is 15.1 Å². The Labute approximate surface area is 128 Å². The van der Waals surface area contributed by atoms with Gasteiger partial charge in [0.05, 0.1) is 12.1 Å². The van der Waals surface area contributed by atoms with Crippen molar-refractivity contribution in [1.82, 2.24) is 20.0 Å². The Bertz CT molecular complexity index is 369. The van der Waals surface area contributed by atoms with Crippen molar-refractivity contribution in [3.8, 4) is 0 Å². The second kappa shape index (κ2) is 7.75. The summed E-state index contributed by atoms with van der Waals surface area (Å²) in [5.41, 5.74) is -0.524. The van der Waals surface area contributed by atoms with Crippen LogP contribution in [-0.4, -0.2) is 85.4 Å². The summed E-state index contributed by atoms with van der Waals surface area (Å²) in [7, 11) is 3.55. The van der Waals surface area contributed by atoms with Crippen molar-refractivity contribution in [3.63, 3.8) is 0 Å². The maximum Gasteiger partial charge on any atom is 0.242 e. The lowest BCUT2D eigenvalue weighted by atomic mass is 10.0. The van der Waals surface area contributed by atoms with Crippen LogP contribution in [0.1, 0.15) is 27.2 Å². The topological polar surface area (TPSA) is 55.9 Å². The van der Waals surface area contributed by atoms with Crippen molar-refractivity contribution < 1.29 is 9.59 Å². The van der Waals surface area contributed by atoms with Crippen molar-refractivity contribution in [3.05, 3.63) is 0 Å². The summed E-state index contributed by atoms with van der Waals surface area (Å²) in [4.78, 5) is 30.0. The van der Waals surface area contributed by atoms with Crippen LogP contribution in [0.2, 0.25) is 0 Å². The van der Waals surface area contributed by atoms with Gasteiger partial charge in [-0.1, -0.05) is 6.92 Å². The highest BCUT2D eigenvalue weighted by molar-refractivity contribution is 5.85. The van der Waals surface area contributed by atoms with Crippen LogP contribution in [0.4, 0.5) is 0 Å². The molecule has 0 bridgehead atoms. The molecule has 1 aliphatic rings. The van der Waals surface area contributed by atoms with Crippen molar-refractivity contribution in [2.24, 2.45) is 0 Å². The molecule has 1 heterocycles. The van der Waals surface area contributed by atoms with Crippen molar-refractivity contribution in [2.45, 2.75) is 32.7 Å². The van der Waals surface area contributed by atoms with Gasteiger partial charge in [-0.3, -0.25) is 14.5 Å². The summed E-state index contributed by atoms with van der Waals surface area (Å²) >= 11 is 0. The summed E-state index contributed by atoms with van der Waals surface area (Å²) in [5.74, 6) is 0.257. The van der Waals surface area contributed by atoms with Gasteiger partial charge in [0.2, 0.25) is 11.8 Å². The predicted octanol–water partition coefficient (Wildman–Crippen LogP) is -0.00300. The lowest BCUT2D eigenvalue weighted by Crippen LogP contribution is -2.54. The molecule has 122 valence electrons. The SMILES string of the molecule is CCNC(C)(C)C(=O)N1CCCN(CC(=O)N(C)C)CC1. The number of nitrogens with one attached hydrogen (secondary N) is 1. The molecule has 6 nitrogen and oxygen atoms in total. The molecule has 1 fully saturated rings. The van der Waals surface area contributed by atoms with Crippen LogP contribution in [0, 0.1) is 0 Å². The molecule has 0 radical (unpaired) electrons. The maximum atomic E-state index is 12.6. The third-order valence-electron chi connectivity index (χ3n) is 3.89. The summed E-state index contributed by atoms with van der Waals surface area (Å²) in [6, 6.07) is 0. The lowest BCUT2D eigenvalue weighted by molar-refractivity contribution is -0.137. The van der Waals surface area contributed by atoms with Gasteiger partial charge in [-0.15, -0.1) is 0 Å². The summed E-state index contributed by atoms with van der Waals surface area (Å²) < 4.78 is 0. The molecular formula is C15H30N4O2. The molecule has 6 heteroatoms. The molecule has 2 amide bonds. The molecule has 0 unspecified atom stereocenters. The monoisotopic (exact) mass is 298 g/mol. The largest absolute Gasteiger partial charge is 0.348 e. The fourth-order valence-electron chi connectivity index (χ4n) is 2.58. The van der Waals surface area contributed by atoms with E-state index >= 15 is 0 Å². The van der Waals surface area contributed by atoms with Gasteiger partial charge in [0.15, 0.2) is 0 Å². The van der Waals surface area contributed by atoms with Crippen LogP contribution in [0.3, 0.4) is 0 Å². The molecule has 0 aromatic heterocycles. The minimum Gasteiger partial charge on any atom is -0.348 e. The van der Waals surface area contributed by atoms with Gasteiger partial charge in [-0.2, -0.15) is 0 Å². The van der Waals surface area contributed by atoms with Gasteiger partial charge in [-0.25, -0.2) is 0 Å². The highest BCUT2D eigenvalue weighted by atomic mass is 16.2. The molecule has 1 aliphatic heterocycles. The minimum atomic E-state index is -0.524. The van der Waals surface area contributed by atoms with E-state index in [2.05, 4.69) is 10.2 Å². The summed E-state index contributed by atoms with van der Waals surface area (Å²) in [5, 5.41) is 3.23. The highest BCUT2D eigenvalue weighted by Crippen LogP contribution is 2.11. The van der Waals surface area contributed by atoms with Crippen LogP contribution in [0.5, 0.6) is 0 Å². The summed E-state index contributed by atoms with van der Waals surface area (Å²) in [6.07, 6.45) is 0.911. The molecule has 1 N–H and O–H groups in total. The van der Waals surface area contributed by atoms with E-state index in [-0.39, 0.29) is 11.8 Å². The zero-order chi connectivity index (χ0) is 16.0. The van der Waals surface area contributed by atoms with Crippen LogP contribution in [-0.2, 0) is 9.59 Å². The number of carbonyl (C=O) groups excluding carboxylic acids is 2. The van der Waals surface area contributed by atoms with Crippen LogP contribution in [0.25, 0.3) is 0 Å². The van der Waals surface area contributed by atoms with E-state index < -0.39 is 5.54 Å². The van der Waals surface area contributed by atoms with Crippen molar-refractivity contribution >= 4 is 11.8 Å². The number of likely N-dealkylation sites (N-methyl/N-ethyl adjacent to an activating group) is 2. The number of hydrogen-bond acceptors (Lipinski definition) is 4. The third-order valence-corrected chi connectivity index (χ3v) is 3.89. The maximum absolute atomic E-state index is 12.6. The number of carbonyl (C=O) groups is 2. The molecule has 21 heavy (non-hydrogen) atoms. The first kappa shape index (κ1) is 17.9. The third kappa shape index (κ3) is 5.28. The number of rotatable bonds is 5. The van der Waals surface area contributed by atoms with Crippen LogP contribution >= 0.6 is 0 Å². The van der Waals surface area contributed by atoms with Gasteiger partial charge in [0.1, 0.15) is 0 Å². The van der Waals surface area contributed by atoms with E-state index in [0.29, 0.717) is 13.1 Å². The normalized spacial score (nSPS) is 17.5. The fourth-order valence-corrected chi connectivity index (χ4v) is 2.58. The Morgan fingerprint density at radius 3 is 2.38 bits per heavy atom. The number of nitrogens with zero attached hydrogens (tertiary/aromatic N) is 3. The Balaban J connectivity index is 2.56. The van der Waals surface area contributed by atoms with Crippen molar-refractivity contribution in [1.29, 1.82) is 0 Å². The van der Waals surface area contributed by atoms with E-state index in [1.54, 1.807) is 19.0 Å². The molecule has 0 aromatic rings. The Morgan fingerprint density at radius 1 is 1.14 bits per heavy atom.